The van der Waals surface area contributed by atoms with Gasteiger partial charge in [-0.3, -0.25) is 10.1 Å². The number of hydrogen-bond acceptors (Lipinski definition) is 4. The molecule has 0 atom stereocenters. The standard InChI is InChI=1S/C14H15ClFN3OS/c1-2-3-4-5-12-18-19-14(21-12)17-13(20)10-7-6-9(16)8-11(10)15/h6-8H,2-5H2,1H3,(H,17,19,20). The van der Waals surface area contributed by atoms with Crippen LogP contribution in [0.1, 0.15) is 41.6 Å². The molecule has 0 aliphatic heterocycles. The molecule has 0 saturated carbocycles. The maximum absolute atomic E-state index is 13.0. The maximum atomic E-state index is 13.0. The summed E-state index contributed by atoms with van der Waals surface area (Å²) in [5.74, 6) is -0.901. The third-order valence-corrected chi connectivity index (χ3v) is 4.07. The first-order valence-electron chi connectivity index (χ1n) is 6.69. The third kappa shape index (κ3) is 4.47. The average Bonchev–Trinajstić information content (AvgIpc) is 2.86. The lowest BCUT2D eigenvalue weighted by Crippen LogP contribution is -2.12. The number of nitrogens with one attached hydrogen (secondary N) is 1. The molecule has 1 aromatic carbocycles. The van der Waals surface area contributed by atoms with E-state index in [1.165, 1.54) is 23.5 Å². The Hall–Kier alpha value is -1.53. The van der Waals surface area contributed by atoms with Crippen molar-refractivity contribution >= 4 is 34.0 Å². The zero-order chi connectivity index (χ0) is 15.2. The molecule has 2 rings (SSSR count). The second-order valence-corrected chi connectivity index (χ2v) is 6.01. The highest BCUT2D eigenvalue weighted by Gasteiger charge is 2.13. The van der Waals surface area contributed by atoms with Crippen LogP contribution in [0.2, 0.25) is 5.02 Å². The zero-order valence-electron chi connectivity index (χ0n) is 11.5. The van der Waals surface area contributed by atoms with Gasteiger partial charge >= 0.3 is 0 Å². The van der Waals surface area contributed by atoms with Crippen molar-refractivity contribution in [3.63, 3.8) is 0 Å². The summed E-state index contributed by atoms with van der Waals surface area (Å²) in [6, 6.07) is 3.64. The number of aromatic nitrogens is 2. The molecule has 0 unspecified atom stereocenters. The summed E-state index contributed by atoms with van der Waals surface area (Å²) in [5, 5.41) is 12.0. The predicted octanol–water partition coefficient (Wildman–Crippen LogP) is 4.32. The first-order valence-corrected chi connectivity index (χ1v) is 7.88. The predicted molar refractivity (Wildman–Crippen MR) is 82.5 cm³/mol. The Morgan fingerprint density at radius 2 is 2.19 bits per heavy atom. The Labute approximate surface area is 131 Å². The van der Waals surface area contributed by atoms with Crippen molar-refractivity contribution in [3.05, 3.63) is 39.6 Å². The first-order chi connectivity index (χ1) is 10.1. The highest BCUT2D eigenvalue weighted by atomic mass is 35.5. The van der Waals surface area contributed by atoms with Gasteiger partial charge in [-0.05, 0) is 24.6 Å². The molecule has 0 bridgehead atoms. The van der Waals surface area contributed by atoms with E-state index in [1.54, 1.807) is 0 Å². The van der Waals surface area contributed by atoms with Gasteiger partial charge in [0.15, 0.2) is 0 Å². The van der Waals surface area contributed by atoms with Crippen LogP contribution < -0.4 is 5.32 Å². The third-order valence-electron chi connectivity index (χ3n) is 2.86. The molecule has 21 heavy (non-hydrogen) atoms. The van der Waals surface area contributed by atoms with E-state index in [9.17, 15) is 9.18 Å². The summed E-state index contributed by atoms with van der Waals surface area (Å²) < 4.78 is 13.0. The average molecular weight is 328 g/mol. The number of carbonyl (C=O) groups is 1. The smallest absolute Gasteiger partial charge is 0.259 e. The highest BCUT2D eigenvalue weighted by molar-refractivity contribution is 7.15. The molecule has 1 N–H and O–H groups in total. The Morgan fingerprint density at radius 1 is 1.38 bits per heavy atom. The van der Waals surface area contributed by atoms with E-state index >= 15 is 0 Å². The van der Waals surface area contributed by atoms with Crippen LogP contribution in [0.5, 0.6) is 0 Å². The molecule has 1 aromatic heterocycles. The van der Waals surface area contributed by atoms with E-state index in [4.69, 9.17) is 11.6 Å². The zero-order valence-corrected chi connectivity index (χ0v) is 13.1. The van der Waals surface area contributed by atoms with E-state index < -0.39 is 11.7 Å². The van der Waals surface area contributed by atoms with Crippen molar-refractivity contribution < 1.29 is 9.18 Å². The Bertz CT molecular complexity index is 632. The summed E-state index contributed by atoms with van der Waals surface area (Å²) >= 11 is 7.19. The monoisotopic (exact) mass is 327 g/mol. The Morgan fingerprint density at radius 3 is 2.90 bits per heavy atom. The van der Waals surface area contributed by atoms with Crippen molar-refractivity contribution in [1.82, 2.24) is 10.2 Å². The normalized spacial score (nSPS) is 10.6. The second kappa shape index (κ2) is 7.47. The van der Waals surface area contributed by atoms with E-state index in [0.717, 1.165) is 36.8 Å². The van der Waals surface area contributed by atoms with Crippen LogP contribution in [0.4, 0.5) is 9.52 Å². The maximum Gasteiger partial charge on any atom is 0.259 e. The number of anilines is 1. The molecule has 1 heterocycles. The molecule has 2 aromatic rings. The fourth-order valence-electron chi connectivity index (χ4n) is 1.77. The Kier molecular flexibility index (Phi) is 5.64. The summed E-state index contributed by atoms with van der Waals surface area (Å²) in [6.07, 6.45) is 4.21. The number of unbranched alkanes of at least 4 members (excludes halogenated alkanes) is 2. The molecule has 1 amide bonds. The minimum absolute atomic E-state index is 0.0696. The number of carbonyl (C=O) groups excluding carboxylic acids is 1. The van der Waals surface area contributed by atoms with Crippen LogP contribution in [0.15, 0.2) is 18.2 Å². The van der Waals surface area contributed by atoms with Gasteiger partial charge in [-0.1, -0.05) is 42.7 Å². The molecule has 4 nitrogen and oxygen atoms in total. The summed E-state index contributed by atoms with van der Waals surface area (Å²) in [4.78, 5) is 12.0. The molecule has 112 valence electrons. The highest BCUT2D eigenvalue weighted by Crippen LogP contribution is 2.21. The molecule has 0 saturated heterocycles. The lowest BCUT2D eigenvalue weighted by molar-refractivity contribution is 0.102. The van der Waals surface area contributed by atoms with Gasteiger partial charge in [0, 0.05) is 6.42 Å². The van der Waals surface area contributed by atoms with Crippen LogP contribution >= 0.6 is 22.9 Å². The van der Waals surface area contributed by atoms with E-state index in [1.807, 2.05) is 0 Å². The number of halogens is 2. The largest absolute Gasteiger partial charge is 0.296 e. The number of nitrogens with zero attached hydrogens (tertiary/aromatic N) is 2. The number of amides is 1. The van der Waals surface area contributed by atoms with Crippen LogP contribution in [-0.2, 0) is 6.42 Å². The van der Waals surface area contributed by atoms with E-state index in [2.05, 4.69) is 22.4 Å². The van der Waals surface area contributed by atoms with Crippen molar-refractivity contribution in [1.29, 1.82) is 0 Å². The number of rotatable bonds is 6. The van der Waals surface area contributed by atoms with Crippen LogP contribution in [-0.4, -0.2) is 16.1 Å². The van der Waals surface area contributed by atoms with Crippen LogP contribution in [0, 0.1) is 5.82 Å². The van der Waals surface area contributed by atoms with Crippen LogP contribution in [0.3, 0.4) is 0 Å². The van der Waals surface area contributed by atoms with Gasteiger partial charge in [-0.2, -0.15) is 0 Å². The number of aryl methyl sites for hydroxylation is 1. The minimum atomic E-state index is -0.481. The molecule has 0 fully saturated rings. The number of benzene rings is 1. The summed E-state index contributed by atoms with van der Waals surface area (Å²) in [5.41, 5.74) is 0.209. The number of hydrogen-bond donors (Lipinski definition) is 1. The first kappa shape index (κ1) is 15.9. The van der Waals surface area contributed by atoms with Gasteiger partial charge in [0.2, 0.25) is 5.13 Å². The Balaban J connectivity index is 1.99. The second-order valence-electron chi connectivity index (χ2n) is 4.54. The lowest BCUT2D eigenvalue weighted by Gasteiger charge is -2.03. The fourth-order valence-corrected chi connectivity index (χ4v) is 2.80. The molecular weight excluding hydrogens is 313 g/mol. The minimum Gasteiger partial charge on any atom is -0.296 e. The van der Waals surface area contributed by atoms with E-state index in [-0.39, 0.29) is 10.6 Å². The van der Waals surface area contributed by atoms with E-state index in [0.29, 0.717) is 5.13 Å². The molecule has 0 radical (unpaired) electrons. The molecule has 0 aliphatic rings. The van der Waals surface area contributed by atoms with Gasteiger partial charge in [0.05, 0.1) is 10.6 Å². The van der Waals surface area contributed by atoms with Gasteiger partial charge < -0.3 is 0 Å². The quantitative estimate of drug-likeness (QED) is 0.804. The fraction of sp³-hybridized carbons (Fsp3) is 0.357. The molecular formula is C14H15ClFN3OS. The molecule has 0 spiro atoms. The molecule has 7 heteroatoms. The van der Waals surface area contributed by atoms with Crippen molar-refractivity contribution in [2.45, 2.75) is 32.6 Å². The van der Waals surface area contributed by atoms with Gasteiger partial charge in [0.1, 0.15) is 10.8 Å². The van der Waals surface area contributed by atoms with Gasteiger partial charge in [-0.25, -0.2) is 4.39 Å². The summed E-state index contributed by atoms with van der Waals surface area (Å²) in [6.45, 7) is 2.14. The van der Waals surface area contributed by atoms with Crippen LogP contribution in [0.25, 0.3) is 0 Å². The lowest BCUT2D eigenvalue weighted by atomic mass is 10.2. The van der Waals surface area contributed by atoms with Gasteiger partial charge in [-0.15, -0.1) is 10.2 Å². The summed E-state index contributed by atoms with van der Waals surface area (Å²) in [7, 11) is 0. The molecule has 0 aliphatic carbocycles. The van der Waals surface area contributed by atoms with Crippen molar-refractivity contribution in [2.24, 2.45) is 0 Å². The van der Waals surface area contributed by atoms with Crippen molar-refractivity contribution in [3.8, 4) is 0 Å². The van der Waals surface area contributed by atoms with Gasteiger partial charge in [0.25, 0.3) is 5.91 Å². The topological polar surface area (TPSA) is 54.9 Å². The van der Waals surface area contributed by atoms with Crippen molar-refractivity contribution in [2.75, 3.05) is 5.32 Å². The SMILES string of the molecule is CCCCCc1nnc(NC(=O)c2ccc(F)cc2Cl)s1.